The number of anilines is 1. The van der Waals surface area contributed by atoms with Gasteiger partial charge >= 0.3 is 5.97 Å². The van der Waals surface area contributed by atoms with E-state index in [2.05, 4.69) is 10.2 Å². The van der Waals surface area contributed by atoms with Gasteiger partial charge in [-0.2, -0.15) is 0 Å². The van der Waals surface area contributed by atoms with Gasteiger partial charge in [-0.1, -0.05) is 18.6 Å². The number of methoxy groups -OCH3 is 1. The van der Waals surface area contributed by atoms with Crippen molar-refractivity contribution < 1.29 is 23.8 Å². The number of hydrogen-bond donors (Lipinski definition) is 2. The maximum Gasteiger partial charge on any atom is 0.350 e. The second kappa shape index (κ2) is 11.5. The maximum absolute atomic E-state index is 13.1. The molecule has 2 aromatic heterocycles. The fraction of sp³-hybridized carbons (Fsp3) is 0.346. The Morgan fingerprint density at radius 1 is 1.26 bits per heavy atom. The lowest BCUT2D eigenvalue weighted by atomic mass is 9.99. The maximum atomic E-state index is 13.1. The first kappa shape index (κ1) is 25.0. The van der Waals surface area contributed by atoms with Gasteiger partial charge in [0.2, 0.25) is 5.91 Å². The van der Waals surface area contributed by atoms with E-state index in [1.165, 1.54) is 43.1 Å². The second-order valence-electron chi connectivity index (χ2n) is 8.46. The summed E-state index contributed by atoms with van der Waals surface area (Å²) in [5, 5.41) is 12.8. The van der Waals surface area contributed by atoms with Crippen LogP contribution in [0.5, 0.6) is 0 Å². The molecule has 1 atom stereocenters. The lowest BCUT2D eigenvalue weighted by Crippen LogP contribution is -2.39. The summed E-state index contributed by atoms with van der Waals surface area (Å²) in [6, 6.07) is 9.88. The summed E-state index contributed by atoms with van der Waals surface area (Å²) in [6.45, 7) is 1.79. The van der Waals surface area contributed by atoms with Gasteiger partial charge < -0.3 is 15.2 Å². The number of fused-ring (bicyclic) bond motifs is 1. The third kappa shape index (κ3) is 6.11. The van der Waals surface area contributed by atoms with Gasteiger partial charge in [-0.3, -0.25) is 9.69 Å². The van der Waals surface area contributed by atoms with Gasteiger partial charge in [0.15, 0.2) is 0 Å². The van der Waals surface area contributed by atoms with Crippen molar-refractivity contribution >= 4 is 45.2 Å². The number of piperidine rings is 1. The molecule has 9 heteroatoms. The summed E-state index contributed by atoms with van der Waals surface area (Å²) in [5.74, 6) is -1.33. The number of aromatic nitrogens is 1. The number of amides is 1. The predicted octanol–water partition coefficient (Wildman–Crippen LogP) is 4.61. The number of thiophene rings is 1. The van der Waals surface area contributed by atoms with E-state index in [0.717, 1.165) is 31.5 Å². The molecule has 35 heavy (non-hydrogen) atoms. The molecule has 1 aliphatic heterocycles. The molecule has 1 aliphatic rings. The Bertz CT molecular complexity index is 1220. The quantitative estimate of drug-likeness (QED) is 0.349. The van der Waals surface area contributed by atoms with Crippen molar-refractivity contribution in [2.24, 2.45) is 0 Å². The minimum absolute atomic E-state index is 0.166. The summed E-state index contributed by atoms with van der Waals surface area (Å²) in [6.07, 6.45) is 7.00. The average Bonchev–Trinajstić information content (AvgIpc) is 3.22. The van der Waals surface area contributed by atoms with E-state index in [-0.39, 0.29) is 17.3 Å². The van der Waals surface area contributed by atoms with Crippen LogP contribution < -0.4 is 5.32 Å². The number of rotatable bonds is 8. The highest BCUT2D eigenvalue weighted by atomic mass is 32.1. The van der Waals surface area contributed by atoms with Crippen molar-refractivity contribution in [3.8, 4) is 0 Å². The number of likely N-dealkylation sites (tertiary alicyclic amines) is 1. The molecule has 0 aliphatic carbocycles. The summed E-state index contributed by atoms with van der Waals surface area (Å²) in [7, 11) is 1.29. The molecule has 1 fully saturated rings. The highest BCUT2D eigenvalue weighted by Crippen LogP contribution is 2.36. The van der Waals surface area contributed by atoms with Gasteiger partial charge in [0, 0.05) is 30.7 Å². The van der Waals surface area contributed by atoms with Gasteiger partial charge in [0.05, 0.1) is 18.5 Å². The van der Waals surface area contributed by atoms with Gasteiger partial charge in [0.1, 0.15) is 15.5 Å². The molecule has 2 N–H and O–H groups in total. The first-order chi connectivity index (χ1) is 17.0. The number of halogens is 1. The predicted molar refractivity (Wildman–Crippen MR) is 135 cm³/mol. The molecule has 0 radical (unpaired) electrons. The van der Waals surface area contributed by atoms with Crippen molar-refractivity contribution in [2.75, 3.05) is 25.6 Å². The van der Waals surface area contributed by atoms with Crippen molar-refractivity contribution in [3.05, 3.63) is 64.4 Å². The van der Waals surface area contributed by atoms with Crippen LogP contribution in [0.1, 0.15) is 46.6 Å². The summed E-state index contributed by atoms with van der Waals surface area (Å²) in [5.41, 5.74) is 1.91. The smallest absolute Gasteiger partial charge is 0.350 e. The second-order valence-corrected chi connectivity index (χ2v) is 9.46. The topological polar surface area (TPSA) is 91.8 Å². The molecule has 1 aromatic carbocycles. The van der Waals surface area contributed by atoms with E-state index in [9.17, 15) is 19.1 Å². The molecule has 3 heterocycles. The Labute approximate surface area is 207 Å². The van der Waals surface area contributed by atoms with E-state index >= 15 is 0 Å². The van der Waals surface area contributed by atoms with Gasteiger partial charge in [-0.05, 0) is 61.7 Å². The molecule has 1 saturated heterocycles. The highest BCUT2D eigenvalue weighted by molar-refractivity contribution is 7.21. The number of aliphatic hydroxyl groups is 1. The Kier molecular flexibility index (Phi) is 8.22. The van der Waals surface area contributed by atoms with Crippen LogP contribution in [-0.2, 0) is 16.1 Å². The number of nitrogens with one attached hydrogen (secondary N) is 1. The van der Waals surface area contributed by atoms with E-state index in [1.54, 1.807) is 18.2 Å². The van der Waals surface area contributed by atoms with E-state index in [1.807, 2.05) is 12.1 Å². The number of carbonyl (C=O) groups is 2. The number of nitrogens with zero attached hydrogens (tertiary/aromatic N) is 2. The average molecular weight is 498 g/mol. The van der Waals surface area contributed by atoms with Crippen LogP contribution in [0.15, 0.2) is 42.5 Å². The molecule has 184 valence electrons. The Balaban J connectivity index is 1.57. The molecule has 4 rings (SSSR count). The number of carbonyl (C=O) groups excluding carboxylic acids is 2. The third-order valence-corrected chi connectivity index (χ3v) is 7.19. The highest BCUT2D eigenvalue weighted by Gasteiger charge is 2.24. The Morgan fingerprint density at radius 3 is 2.80 bits per heavy atom. The van der Waals surface area contributed by atoms with Crippen LogP contribution in [0.4, 0.5) is 10.1 Å². The summed E-state index contributed by atoms with van der Waals surface area (Å²) in [4.78, 5) is 33.1. The number of pyridine rings is 1. The Morgan fingerprint density at radius 2 is 2.06 bits per heavy atom. The number of benzene rings is 1. The SMILES string of the molecule is COC(=O)c1sc2nc(CN3CCCCC3CCO)ccc2c1NC(=O)/C=C/c1ccc(F)cc1. The van der Waals surface area contributed by atoms with Crippen LogP contribution >= 0.6 is 11.3 Å². The third-order valence-electron chi connectivity index (χ3n) is 6.11. The first-order valence-electron chi connectivity index (χ1n) is 11.6. The normalized spacial score (nSPS) is 16.6. The minimum Gasteiger partial charge on any atom is -0.465 e. The van der Waals surface area contributed by atoms with Crippen molar-refractivity contribution in [3.63, 3.8) is 0 Å². The van der Waals surface area contributed by atoms with E-state index in [0.29, 0.717) is 34.1 Å². The molecule has 7 nitrogen and oxygen atoms in total. The molecular formula is C26H28FN3O4S. The monoisotopic (exact) mass is 497 g/mol. The fourth-order valence-corrected chi connectivity index (χ4v) is 5.39. The van der Waals surface area contributed by atoms with Gasteiger partial charge in [-0.25, -0.2) is 14.2 Å². The van der Waals surface area contributed by atoms with Crippen molar-refractivity contribution in [1.82, 2.24) is 9.88 Å². The van der Waals surface area contributed by atoms with Crippen LogP contribution in [0.2, 0.25) is 0 Å². The zero-order valence-electron chi connectivity index (χ0n) is 19.5. The molecule has 1 unspecified atom stereocenters. The van der Waals surface area contributed by atoms with Crippen molar-refractivity contribution in [2.45, 2.75) is 38.3 Å². The number of hydrogen-bond acceptors (Lipinski definition) is 7. The van der Waals surface area contributed by atoms with Crippen LogP contribution in [0.3, 0.4) is 0 Å². The van der Waals surface area contributed by atoms with E-state index in [4.69, 9.17) is 9.72 Å². The summed E-state index contributed by atoms with van der Waals surface area (Å²) < 4.78 is 18.0. The first-order valence-corrected chi connectivity index (χ1v) is 12.4. The van der Waals surface area contributed by atoms with Gasteiger partial charge in [-0.15, -0.1) is 11.3 Å². The van der Waals surface area contributed by atoms with E-state index < -0.39 is 11.9 Å². The van der Waals surface area contributed by atoms with Crippen molar-refractivity contribution in [1.29, 1.82) is 0 Å². The molecule has 0 spiro atoms. The molecule has 1 amide bonds. The zero-order valence-corrected chi connectivity index (χ0v) is 20.3. The fourth-order valence-electron chi connectivity index (χ4n) is 4.33. The van der Waals surface area contributed by atoms with Crippen LogP contribution in [0, 0.1) is 5.82 Å². The summed E-state index contributed by atoms with van der Waals surface area (Å²) >= 11 is 1.18. The molecule has 0 saturated carbocycles. The Hall–Kier alpha value is -3.14. The standard InChI is InChI=1S/C26H28FN3O4S/c1-34-26(33)24-23(29-22(32)12-7-17-5-8-18(27)9-6-17)21-11-10-19(28-25(21)35-24)16-30-14-3-2-4-20(30)13-15-31/h5-12,20,31H,2-4,13-16H2,1H3,(H,29,32)/b12-7+. The van der Waals surface area contributed by atoms with Gasteiger partial charge in [0.25, 0.3) is 0 Å². The number of aliphatic hydroxyl groups excluding tert-OH is 1. The zero-order chi connectivity index (χ0) is 24.8. The molecule has 3 aromatic rings. The lowest BCUT2D eigenvalue weighted by molar-refractivity contribution is -0.111. The molecule has 0 bridgehead atoms. The lowest BCUT2D eigenvalue weighted by Gasteiger charge is -2.35. The number of ether oxygens (including phenoxy) is 1. The number of esters is 1. The minimum atomic E-state index is -0.550. The van der Waals surface area contributed by atoms with Crippen LogP contribution in [-0.4, -0.2) is 53.2 Å². The largest absolute Gasteiger partial charge is 0.465 e. The van der Waals surface area contributed by atoms with Crippen LogP contribution in [0.25, 0.3) is 16.3 Å². The molecular weight excluding hydrogens is 469 g/mol.